The molecule has 0 fully saturated rings. The van der Waals surface area contributed by atoms with Gasteiger partial charge in [0.2, 0.25) is 5.91 Å². The largest absolute Gasteiger partial charge is 0.493 e. The number of nitro groups is 1. The van der Waals surface area contributed by atoms with Crippen molar-refractivity contribution in [1.29, 1.82) is 0 Å². The molecule has 8 heteroatoms. The van der Waals surface area contributed by atoms with E-state index in [1.54, 1.807) is 38.3 Å². The van der Waals surface area contributed by atoms with Crippen molar-refractivity contribution in [1.82, 2.24) is 4.90 Å². The summed E-state index contributed by atoms with van der Waals surface area (Å²) in [5, 5.41) is 10.7. The van der Waals surface area contributed by atoms with Gasteiger partial charge in [0.15, 0.2) is 11.5 Å². The number of methoxy groups -OCH3 is 2. The summed E-state index contributed by atoms with van der Waals surface area (Å²) in [6, 6.07) is 11.9. The molecule has 1 amide bonds. The smallest absolute Gasteiger partial charge is 0.269 e. The Bertz CT molecular complexity index is 795. The number of para-hydroxylation sites is 1. The van der Waals surface area contributed by atoms with Gasteiger partial charge < -0.3 is 14.4 Å². The molecule has 0 spiro atoms. The van der Waals surface area contributed by atoms with E-state index >= 15 is 0 Å². The van der Waals surface area contributed by atoms with Crippen LogP contribution in [0.1, 0.15) is 11.1 Å². The molecule has 0 aliphatic heterocycles. The minimum absolute atomic E-state index is 0.00761. The van der Waals surface area contributed by atoms with Gasteiger partial charge in [0.1, 0.15) is 0 Å². The molecule has 0 radical (unpaired) electrons. The predicted octanol–water partition coefficient (Wildman–Crippen LogP) is 3.50. The molecular weight excluding hydrogens is 368 g/mol. The van der Waals surface area contributed by atoms with Crippen LogP contribution >= 0.6 is 11.8 Å². The summed E-state index contributed by atoms with van der Waals surface area (Å²) in [5.41, 5.74) is 1.87. The molecular formula is C19H22N2O5S. The summed E-state index contributed by atoms with van der Waals surface area (Å²) in [6.07, 6.45) is 0. The first-order valence-corrected chi connectivity index (χ1v) is 9.36. The maximum atomic E-state index is 12.4. The number of rotatable bonds is 9. The molecule has 144 valence electrons. The first-order valence-electron chi connectivity index (χ1n) is 8.21. The maximum absolute atomic E-state index is 12.4. The van der Waals surface area contributed by atoms with Crippen molar-refractivity contribution in [3.8, 4) is 11.5 Å². The van der Waals surface area contributed by atoms with Gasteiger partial charge in [-0.05, 0) is 11.6 Å². The molecule has 27 heavy (non-hydrogen) atoms. The number of benzene rings is 2. The van der Waals surface area contributed by atoms with E-state index in [-0.39, 0.29) is 11.6 Å². The molecule has 2 aromatic rings. The van der Waals surface area contributed by atoms with Gasteiger partial charge >= 0.3 is 0 Å². The van der Waals surface area contributed by atoms with Crippen LogP contribution < -0.4 is 9.47 Å². The molecule has 0 saturated heterocycles. The average Bonchev–Trinajstić information content (AvgIpc) is 2.67. The molecule has 0 aromatic heterocycles. The van der Waals surface area contributed by atoms with E-state index in [0.29, 0.717) is 29.5 Å². The molecule has 7 nitrogen and oxygen atoms in total. The second-order valence-electron chi connectivity index (χ2n) is 5.82. The van der Waals surface area contributed by atoms with Gasteiger partial charge in [0.05, 0.1) is 24.9 Å². The van der Waals surface area contributed by atoms with Gasteiger partial charge in [-0.1, -0.05) is 24.3 Å². The minimum Gasteiger partial charge on any atom is -0.493 e. The third-order valence-electron chi connectivity index (χ3n) is 3.96. The zero-order valence-electron chi connectivity index (χ0n) is 15.5. The number of non-ortho nitro benzene ring substituents is 1. The van der Waals surface area contributed by atoms with Crippen LogP contribution in [-0.4, -0.2) is 42.8 Å². The number of ether oxygens (including phenoxy) is 2. The molecule has 0 N–H and O–H groups in total. The summed E-state index contributed by atoms with van der Waals surface area (Å²) in [4.78, 5) is 24.2. The van der Waals surface area contributed by atoms with Crippen molar-refractivity contribution < 1.29 is 19.2 Å². The van der Waals surface area contributed by atoms with Gasteiger partial charge in [0, 0.05) is 37.0 Å². The van der Waals surface area contributed by atoms with Gasteiger partial charge in [-0.3, -0.25) is 14.9 Å². The number of hydrogen-bond acceptors (Lipinski definition) is 6. The van der Waals surface area contributed by atoms with Crippen molar-refractivity contribution in [3.63, 3.8) is 0 Å². The van der Waals surface area contributed by atoms with Gasteiger partial charge in [-0.15, -0.1) is 11.8 Å². The zero-order chi connectivity index (χ0) is 19.8. The highest BCUT2D eigenvalue weighted by Crippen LogP contribution is 2.31. The first kappa shape index (κ1) is 20.6. The van der Waals surface area contributed by atoms with Crippen molar-refractivity contribution in [2.45, 2.75) is 12.3 Å². The van der Waals surface area contributed by atoms with E-state index in [1.807, 2.05) is 18.2 Å². The summed E-state index contributed by atoms with van der Waals surface area (Å²) >= 11 is 1.47. The Kier molecular flexibility index (Phi) is 7.48. The van der Waals surface area contributed by atoms with Gasteiger partial charge in [-0.25, -0.2) is 0 Å². The second kappa shape index (κ2) is 9.82. The lowest BCUT2D eigenvalue weighted by molar-refractivity contribution is -0.384. The predicted molar refractivity (Wildman–Crippen MR) is 105 cm³/mol. The standard InChI is InChI=1S/C19H22N2O5S/c1-20(11-15-5-4-6-17(25-2)19(15)26-3)18(22)13-27-12-14-7-9-16(10-8-14)21(23)24/h4-10H,11-13H2,1-3H3. The topological polar surface area (TPSA) is 81.9 Å². The minimum atomic E-state index is -0.428. The number of amides is 1. The lowest BCUT2D eigenvalue weighted by Crippen LogP contribution is -2.28. The van der Waals surface area contributed by atoms with Crippen LogP contribution in [0.3, 0.4) is 0 Å². The SMILES string of the molecule is COc1cccc(CN(C)C(=O)CSCc2ccc([N+](=O)[O-])cc2)c1OC. The molecule has 2 rings (SSSR count). The lowest BCUT2D eigenvalue weighted by atomic mass is 10.1. The molecule has 0 atom stereocenters. The summed E-state index contributed by atoms with van der Waals surface area (Å²) in [6.45, 7) is 0.414. The van der Waals surface area contributed by atoms with E-state index < -0.39 is 4.92 Å². The quantitative estimate of drug-likeness (QED) is 0.481. The highest BCUT2D eigenvalue weighted by Gasteiger charge is 2.15. The van der Waals surface area contributed by atoms with Crippen molar-refractivity contribution in [3.05, 3.63) is 63.7 Å². The van der Waals surface area contributed by atoms with Gasteiger partial charge in [0.25, 0.3) is 5.69 Å². The van der Waals surface area contributed by atoms with Crippen molar-refractivity contribution >= 4 is 23.4 Å². The van der Waals surface area contributed by atoms with Crippen LogP contribution in [0.5, 0.6) is 11.5 Å². The summed E-state index contributed by atoms with van der Waals surface area (Å²) in [7, 11) is 4.89. The lowest BCUT2D eigenvalue weighted by Gasteiger charge is -2.20. The number of nitrogens with zero attached hydrogens (tertiary/aromatic N) is 2. The number of carbonyl (C=O) groups excluding carboxylic acids is 1. The fraction of sp³-hybridized carbons (Fsp3) is 0.316. The molecule has 2 aromatic carbocycles. The van der Waals surface area contributed by atoms with Crippen LogP contribution in [0, 0.1) is 10.1 Å². The Morgan fingerprint density at radius 2 is 1.85 bits per heavy atom. The van der Waals surface area contributed by atoms with E-state index in [9.17, 15) is 14.9 Å². The molecule has 0 heterocycles. The Morgan fingerprint density at radius 1 is 1.15 bits per heavy atom. The van der Waals surface area contributed by atoms with E-state index in [0.717, 1.165) is 11.1 Å². The fourth-order valence-electron chi connectivity index (χ4n) is 2.50. The first-order chi connectivity index (χ1) is 13.0. The van der Waals surface area contributed by atoms with Crippen LogP contribution in [0.2, 0.25) is 0 Å². The highest BCUT2D eigenvalue weighted by atomic mass is 32.2. The summed E-state index contributed by atoms with van der Waals surface area (Å²) < 4.78 is 10.7. The third kappa shape index (κ3) is 5.62. The molecule has 0 bridgehead atoms. The van der Waals surface area contributed by atoms with E-state index in [1.165, 1.54) is 23.9 Å². The fourth-order valence-corrected chi connectivity index (χ4v) is 3.43. The maximum Gasteiger partial charge on any atom is 0.269 e. The Morgan fingerprint density at radius 3 is 2.44 bits per heavy atom. The number of hydrogen-bond donors (Lipinski definition) is 0. The number of thioether (sulfide) groups is 1. The van der Waals surface area contributed by atoms with Crippen molar-refractivity contribution in [2.75, 3.05) is 27.0 Å². The average molecular weight is 390 g/mol. The molecule has 0 saturated carbocycles. The number of nitro benzene ring substituents is 1. The monoisotopic (exact) mass is 390 g/mol. The normalized spacial score (nSPS) is 10.3. The van der Waals surface area contributed by atoms with Crippen LogP contribution in [-0.2, 0) is 17.1 Å². The third-order valence-corrected chi connectivity index (χ3v) is 4.95. The van der Waals surface area contributed by atoms with E-state index in [2.05, 4.69) is 0 Å². The molecule has 0 aliphatic rings. The zero-order valence-corrected chi connectivity index (χ0v) is 16.3. The Hall–Kier alpha value is -2.74. The van der Waals surface area contributed by atoms with Crippen LogP contribution in [0.25, 0.3) is 0 Å². The molecule has 0 aliphatic carbocycles. The Labute approximate surface area is 162 Å². The Balaban J connectivity index is 1.88. The van der Waals surface area contributed by atoms with E-state index in [4.69, 9.17) is 9.47 Å². The number of carbonyl (C=O) groups is 1. The van der Waals surface area contributed by atoms with Crippen LogP contribution in [0.15, 0.2) is 42.5 Å². The van der Waals surface area contributed by atoms with Crippen molar-refractivity contribution in [2.24, 2.45) is 0 Å². The second-order valence-corrected chi connectivity index (χ2v) is 6.80. The highest BCUT2D eigenvalue weighted by molar-refractivity contribution is 7.99. The van der Waals surface area contributed by atoms with Gasteiger partial charge in [-0.2, -0.15) is 0 Å². The molecule has 0 unspecified atom stereocenters. The summed E-state index contributed by atoms with van der Waals surface area (Å²) in [5.74, 6) is 2.17. The van der Waals surface area contributed by atoms with Crippen LogP contribution in [0.4, 0.5) is 5.69 Å².